The largest absolute Gasteiger partial charge is 0.482 e. The number of carbonyl (C=O) groups excluding carboxylic acids is 3. The third kappa shape index (κ3) is 4.61. The van der Waals surface area contributed by atoms with Crippen LogP contribution in [0.25, 0.3) is 0 Å². The summed E-state index contributed by atoms with van der Waals surface area (Å²) in [5.74, 6) is -3.66. The van der Waals surface area contributed by atoms with E-state index in [1.165, 1.54) is 6.92 Å². The van der Waals surface area contributed by atoms with Gasteiger partial charge in [0, 0.05) is 36.2 Å². The van der Waals surface area contributed by atoms with Gasteiger partial charge in [-0.15, -0.1) is 0 Å². The summed E-state index contributed by atoms with van der Waals surface area (Å²) in [6, 6.07) is 0. The van der Waals surface area contributed by atoms with Gasteiger partial charge in [0.2, 0.25) is 11.6 Å². The first-order valence-electron chi connectivity index (χ1n) is 14.3. The lowest BCUT2D eigenvalue weighted by Gasteiger charge is -2.63. The molecule has 5 N–H and O–H groups in total. The van der Waals surface area contributed by atoms with Crippen molar-refractivity contribution in [2.45, 2.75) is 123 Å². The lowest BCUT2D eigenvalue weighted by atomic mass is 9.51. The molecule has 2 aliphatic carbocycles. The number of aliphatic hydroxyl groups excluding tert-OH is 2. The maximum atomic E-state index is 14.0. The van der Waals surface area contributed by atoms with E-state index in [1.54, 1.807) is 34.6 Å². The normalized spacial score (nSPS) is 38.5. The van der Waals surface area contributed by atoms with E-state index < -0.39 is 76.5 Å². The summed E-state index contributed by atoms with van der Waals surface area (Å²) >= 11 is 0. The average molecular weight is 564 g/mol. The molecule has 224 valence electrons. The van der Waals surface area contributed by atoms with Crippen LogP contribution in [0, 0.1) is 23.2 Å². The van der Waals surface area contributed by atoms with E-state index in [1.807, 2.05) is 13.8 Å². The standard InChI is InChI=1S/C30H45NO9/c1-9-13(2)25(38-15(4)32)14(3)19-21(31)22(34)20-24(36)27-29(7,40-26(20)23(19)35)11-10-17-30(27,8)16(33)12-18(39-17)28(5,6)37/h13-14,16-18,24-25,27,33,36-37H,9-12,31H2,1-8H3. The first-order chi connectivity index (χ1) is 18.4. The SMILES string of the molecule is CCC(C)C(OC(C)=O)C(C)C1=C(N)C(=O)C2=C(OC3(C)CCC4OC(C(C)(C)O)CC(O)C4(C)C3C2O)C1=O. The highest BCUT2D eigenvalue weighted by Crippen LogP contribution is 2.60. The van der Waals surface area contributed by atoms with E-state index in [0.717, 1.165) is 0 Å². The van der Waals surface area contributed by atoms with Crippen molar-refractivity contribution >= 4 is 17.5 Å². The molecule has 10 unspecified atom stereocenters. The number of allylic oxidation sites excluding steroid dienone is 2. The monoisotopic (exact) mass is 563 g/mol. The van der Waals surface area contributed by atoms with Gasteiger partial charge in [0.05, 0.1) is 41.3 Å². The zero-order valence-corrected chi connectivity index (χ0v) is 24.8. The zero-order valence-electron chi connectivity index (χ0n) is 24.8. The molecule has 10 atom stereocenters. The van der Waals surface area contributed by atoms with Crippen molar-refractivity contribution in [2.24, 2.45) is 28.9 Å². The fourth-order valence-corrected chi connectivity index (χ4v) is 7.59. The average Bonchev–Trinajstić information content (AvgIpc) is 2.85. The number of hydrogen-bond donors (Lipinski definition) is 4. The molecule has 4 aliphatic rings. The van der Waals surface area contributed by atoms with Crippen LogP contribution in [0.1, 0.15) is 81.1 Å². The molecule has 2 fully saturated rings. The molecule has 4 rings (SSSR count). The van der Waals surface area contributed by atoms with E-state index in [0.29, 0.717) is 19.3 Å². The first kappa shape index (κ1) is 30.7. The lowest BCUT2D eigenvalue weighted by Crippen LogP contribution is -2.70. The maximum Gasteiger partial charge on any atom is 0.302 e. The van der Waals surface area contributed by atoms with Crippen LogP contribution >= 0.6 is 0 Å². The minimum atomic E-state index is -1.45. The molecule has 0 amide bonds. The van der Waals surface area contributed by atoms with Crippen molar-refractivity contribution in [3.05, 3.63) is 22.6 Å². The van der Waals surface area contributed by atoms with Crippen LogP contribution in [0.5, 0.6) is 0 Å². The molecule has 1 saturated heterocycles. The molecule has 0 radical (unpaired) electrons. The predicted molar refractivity (Wildman–Crippen MR) is 144 cm³/mol. The topological polar surface area (TPSA) is 166 Å². The van der Waals surface area contributed by atoms with Gasteiger partial charge in [-0.1, -0.05) is 34.1 Å². The summed E-state index contributed by atoms with van der Waals surface area (Å²) in [4.78, 5) is 39.6. The van der Waals surface area contributed by atoms with E-state index in [2.05, 4.69) is 0 Å². The minimum Gasteiger partial charge on any atom is -0.482 e. The highest BCUT2D eigenvalue weighted by molar-refractivity contribution is 6.24. The number of ether oxygens (including phenoxy) is 3. The first-order valence-corrected chi connectivity index (χ1v) is 14.3. The smallest absolute Gasteiger partial charge is 0.302 e. The second-order valence-corrected chi connectivity index (χ2v) is 13.2. The van der Waals surface area contributed by atoms with Crippen LogP contribution in [0.3, 0.4) is 0 Å². The molecule has 10 nitrogen and oxygen atoms in total. The highest BCUT2D eigenvalue weighted by Gasteiger charge is 2.67. The van der Waals surface area contributed by atoms with Gasteiger partial charge in [-0.05, 0) is 39.5 Å². The Morgan fingerprint density at radius 2 is 1.82 bits per heavy atom. The summed E-state index contributed by atoms with van der Waals surface area (Å²) in [7, 11) is 0. The Kier molecular flexibility index (Phi) is 7.84. The van der Waals surface area contributed by atoms with Gasteiger partial charge in [-0.2, -0.15) is 0 Å². The van der Waals surface area contributed by atoms with Crippen LogP contribution in [0.15, 0.2) is 22.6 Å². The Hall–Kier alpha value is -2.27. The summed E-state index contributed by atoms with van der Waals surface area (Å²) in [5, 5.41) is 33.9. The van der Waals surface area contributed by atoms with Gasteiger partial charge in [0.25, 0.3) is 0 Å². The van der Waals surface area contributed by atoms with Crippen LogP contribution in [-0.2, 0) is 28.6 Å². The summed E-state index contributed by atoms with van der Waals surface area (Å²) in [6.45, 7) is 13.7. The molecule has 0 spiro atoms. The molecule has 2 heterocycles. The second kappa shape index (κ2) is 10.2. The van der Waals surface area contributed by atoms with Gasteiger partial charge in [-0.3, -0.25) is 14.4 Å². The number of hydrogen-bond acceptors (Lipinski definition) is 10. The van der Waals surface area contributed by atoms with Crippen LogP contribution < -0.4 is 5.73 Å². The molecule has 0 aromatic heterocycles. The molecule has 0 aromatic rings. The number of rotatable bonds is 6. The zero-order chi connectivity index (χ0) is 30.1. The minimum absolute atomic E-state index is 0.0125. The summed E-state index contributed by atoms with van der Waals surface area (Å²) in [6.07, 6.45) is -2.64. The van der Waals surface area contributed by atoms with E-state index >= 15 is 0 Å². The highest BCUT2D eigenvalue weighted by atomic mass is 16.5. The Balaban J connectivity index is 1.74. The number of fused-ring (bicyclic) bond motifs is 3. The van der Waals surface area contributed by atoms with E-state index in [4.69, 9.17) is 19.9 Å². The fraction of sp³-hybridized carbons (Fsp3) is 0.767. The van der Waals surface area contributed by atoms with Gasteiger partial charge in [0.1, 0.15) is 11.7 Å². The number of nitrogens with two attached hydrogens (primary N) is 1. The summed E-state index contributed by atoms with van der Waals surface area (Å²) in [5.41, 5.74) is 2.49. The third-order valence-corrected chi connectivity index (χ3v) is 10.1. The van der Waals surface area contributed by atoms with Crippen molar-refractivity contribution in [3.63, 3.8) is 0 Å². The molecule has 2 aliphatic heterocycles. The maximum absolute atomic E-state index is 14.0. The van der Waals surface area contributed by atoms with Crippen molar-refractivity contribution < 1.29 is 43.9 Å². The van der Waals surface area contributed by atoms with Crippen molar-refractivity contribution in [1.82, 2.24) is 0 Å². The Morgan fingerprint density at radius 1 is 1.20 bits per heavy atom. The van der Waals surface area contributed by atoms with E-state index in [9.17, 15) is 29.7 Å². The lowest BCUT2D eigenvalue weighted by molar-refractivity contribution is -0.291. The Morgan fingerprint density at radius 3 is 2.38 bits per heavy atom. The quantitative estimate of drug-likeness (QED) is 0.278. The molecule has 0 aromatic carbocycles. The number of esters is 1. The molecular formula is C30H45NO9. The van der Waals surface area contributed by atoms with Crippen molar-refractivity contribution in [2.75, 3.05) is 0 Å². The molecule has 1 saturated carbocycles. The Labute approximate surface area is 235 Å². The fourth-order valence-electron chi connectivity index (χ4n) is 7.59. The number of ketones is 2. The molecule has 10 heteroatoms. The van der Waals surface area contributed by atoms with Gasteiger partial charge >= 0.3 is 5.97 Å². The molecular weight excluding hydrogens is 518 g/mol. The van der Waals surface area contributed by atoms with Crippen molar-refractivity contribution in [3.8, 4) is 0 Å². The number of aliphatic hydroxyl groups is 3. The van der Waals surface area contributed by atoms with Gasteiger partial charge in [0.15, 0.2) is 5.76 Å². The second-order valence-electron chi connectivity index (χ2n) is 13.2. The molecule has 40 heavy (non-hydrogen) atoms. The summed E-state index contributed by atoms with van der Waals surface area (Å²) < 4.78 is 18.3. The van der Waals surface area contributed by atoms with Gasteiger partial charge in [-0.25, -0.2) is 0 Å². The number of Topliss-reactive ketones (excluding diaryl/α,β-unsaturated/α-hetero) is 2. The van der Waals surface area contributed by atoms with E-state index in [-0.39, 0.29) is 34.9 Å². The Bertz CT molecular complexity index is 1150. The number of carbonyl (C=O) groups is 3. The molecule has 0 bridgehead atoms. The van der Waals surface area contributed by atoms with Crippen LogP contribution in [0.2, 0.25) is 0 Å². The van der Waals surface area contributed by atoms with Gasteiger partial charge < -0.3 is 35.3 Å². The van der Waals surface area contributed by atoms with Crippen LogP contribution in [-0.4, -0.2) is 74.6 Å². The third-order valence-electron chi connectivity index (χ3n) is 10.1. The van der Waals surface area contributed by atoms with Crippen LogP contribution in [0.4, 0.5) is 0 Å². The van der Waals surface area contributed by atoms with Crippen molar-refractivity contribution in [1.29, 1.82) is 0 Å². The predicted octanol–water partition coefficient (Wildman–Crippen LogP) is 2.07.